The van der Waals surface area contributed by atoms with Crippen molar-refractivity contribution in [2.24, 2.45) is 0 Å². The van der Waals surface area contributed by atoms with E-state index in [1.54, 1.807) is 17.0 Å². The van der Waals surface area contributed by atoms with Gasteiger partial charge in [-0.05, 0) is 17.7 Å². The number of benzene rings is 1. The third-order valence-electron chi connectivity index (χ3n) is 3.84. The van der Waals surface area contributed by atoms with Crippen LogP contribution in [-0.4, -0.2) is 48.6 Å². The number of carbonyl (C=O) groups is 1. The predicted molar refractivity (Wildman–Crippen MR) is 86.0 cm³/mol. The van der Waals surface area contributed by atoms with Crippen molar-refractivity contribution in [3.8, 4) is 0 Å². The number of morpholine rings is 1. The Labute approximate surface area is 138 Å². The van der Waals surface area contributed by atoms with Gasteiger partial charge in [-0.25, -0.2) is 9.37 Å². The molecule has 1 amide bonds. The van der Waals surface area contributed by atoms with Crippen molar-refractivity contribution < 1.29 is 13.9 Å². The van der Waals surface area contributed by atoms with Gasteiger partial charge in [0.25, 0.3) is 5.91 Å². The minimum absolute atomic E-state index is 0.0859. The van der Waals surface area contributed by atoms with Gasteiger partial charge in [-0.1, -0.05) is 12.1 Å². The predicted octanol–water partition coefficient (Wildman–Crippen LogP) is 2.09. The molecule has 0 spiro atoms. The Kier molecular flexibility index (Phi) is 5.32. The van der Waals surface area contributed by atoms with Crippen LogP contribution in [0.5, 0.6) is 0 Å². The maximum absolute atomic E-state index is 13.6. The number of thiazole rings is 1. The van der Waals surface area contributed by atoms with Crippen molar-refractivity contribution >= 4 is 17.2 Å². The normalized spacial score (nSPS) is 16.9. The van der Waals surface area contributed by atoms with Crippen LogP contribution in [0.4, 0.5) is 4.39 Å². The molecule has 2 heterocycles. The lowest BCUT2D eigenvalue weighted by molar-refractivity contribution is 0.0161. The number of hydrogen-bond acceptors (Lipinski definition) is 5. The van der Waals surface area contributed by atoms with Crippen LogP contribution in [0.2, 0.25) is 0 Å². The SMILES string of the molecule is O=C(NC[C@@H](c1cccc(F)c1)N1CCOCC1)c1cscn1. The van der Waals surface area contributed by atoms with Crippen molar-refractivity contribution in [2.75, 3.05) is 32.8 Å². The maximum atomic E-state index is 13.6. The van der Waals surface area contributed by atoms with E-state index >= 15 is 0 Å². The van der Waals surface area contributed by atoms with E-state index < -0.39 is 0 Å². The molecule has 1 aromatic heterocycles. The van der Waals surface area contributed by atoms with Gasteiger partial charge >= 0.3 is 0 Å². The summed E-state index contributed by atoms with van der Waals surface area (Å²) in [4.78, 5) is 18.3. The summed E-state index contributed by atoms with van der Waals surface area (Å²) in [6.45, 7) is 3.21. The fourth-order valence-electron chi connectivity index (χ4n) is 2.67. The molecule has 2 aromatic rings. The molecular weight excluding hydrogens is 317 g/mol. The second-order valence-corrected chi connectivity index (χ2v) is 6.02. The number of ether oxygens (including phenoxy) is 1. The summed E-state index contributed by atoms with van der Waals surface area (Å²) in [5.41, 5.74) is 2.89. The number of hydrogen-bond donors (Lipinski definition) is 1. The highest BCUT2D eigenvalue weighted by molar-refractivity contribution is 7.07. The quantitative estimate of drug-likeness (QED) is 0.909. The van der Waals surface area contributed by atoms with E-state index in [0.717, 1.165) is 18.7 Å². The summed E-state index contributed by atoms with van der Waals surface area (Å²) in [6, 6.07) is 6.44. The number of aromatic nitrogens is 1. The Bertz CT molecular complexity index is 645. The van der Waals surface area contributed by atoms with Gasteiger partial charge in [-0.3, -0.25) is 9.69 Å². The van der Waals surface area contributed by atoms with Crippen LogP contribution in [0.15, 0.2) is 35.2 Å². The van der Waals surface area contributed by atoms with E-state index in [1.165, 1.54) is 23.5 Å². The first-order chi connectivity index (χ1) is 11.2. The third-order valence-corrected chi connectivity index (χ3v) is 4.43. The van der Waals surface area contributed by atoms with E-state index in [1.807, 2.05) is 6.07 Å². The molecule has 1 N–H and O–H groups in total. The molecule has 1 aromatic carbocycles. The van der Waals surface area contributed by atoms with Crippen LogP contribution in [0.3, 0.4) is 0 Å². The number of rotatable bonds is 5. The third kappa shape index (κ3) is 4.13. The fourth-order valence-corrected chi connectivity index (χ4v) is 3.20. The molecule has 0 unspecified atom stereocenters. The van der Waals surface area contributed by atoms with Gasteiger partial charge in [0.05, 0.1) is 24.8 Å². The Balaban J connectivity index is 1.73. The van der Waals surface area contributed by atoms with Crippen molar-refractivity contribution in [3.63, 3.8) is 0 Å². The van der Waals surface area contributed by atoms with Gasteiger partial charge in [0.2, 0.25) is 0 Å². The van der Waals surface area contributed by atoms with E-state index in [2.05, 4.69) is 15.2 Å². The average molecular weight is 335 g/mol. The van der Waals surface area contributed by atoms with Gasteiger partial charge < -0.3 is 10.1 Å². The van der Waals surface area contributed by atoms with Crippen molar-refractivity contribution in [1.82, 2.24) is 15.2 Å². The summed E-state index contributed by atoms with van der Waals surface area (Å²) >= 11 is 1.38. The van der Waals surface area contributed by atoms with Crippen LogP contribution < -0.4 is 5.32 Å². The molecule has 1 fully saturated rings. The highest BCUT2D eigenvalue weighted by Gasteiger charge is 2.24. The Morgan fingerprint density at radius 3 is 2.96 bits per heavy atom. The van der Waals surface area contributed by atoms with E-state index in [9.17, 15) is 9.18 Å². The molecule has 1 atom stereocenters. The molecule has 0 radical (unpaired) electrons. The lowest BCUT2D eigenvalue weighted by Crippen LogP contribution is -2.43. The zero-order chi connectivity index (χ0) is 16.1. The van der Waals surface area contributed by atoms with Crippen molar-refractivity contribution in [2.45, 2.75) is 6.04 Å². The first kappa shape index (κ1) is 16.0. The summed E-state index contributed by atoms with van der Waals surface area (Å²) in [6.07, 6.45) is 0. The van der Waals surface area contributed by atoms with Crippen molar-refractivity contribution in [3.05, 3.63) is 52.2 Å². The monoisotopic (exact) mass is 335 g/mol. The topological polar surface area (TPSA) is 54.5 Å². The number of halogens is 1. The van der Waals surface area contributed by atoms with Gasteiger partial charge in [-0.15, -0.1) is 11.3 Å². The van der Waals surface area contributed by atoms with Gasteiger partial charge in [-0.2, -0.15) is 0 Å². The van der Waals surface area contributed by atoms with E-state index in [0.29, 0.717) is 25.5 Å². The highest BCUT2D eigenvalue weighted by Crippen LogP contribution is 2.22. The molecule has 0 bridgehead atoms. The summed E-state index contributed by atoms with van der Waals surface area (Å²) in [7, 11) is 0. The smallest absolute Gasteiger partial charge is 0.270 e. The Morgan fingerprint density at radius 2 is 2.26 bits per heavy atom. The highest BCUT2D eigenvalue weighted by atomic mass is 32.1. The molecule has 122 valence electrons. The Hall–Kier alpha value is -1.83. The molecule has 0 aliphatic carbocycles. The standard InChI is InChI=1S/C16H18FN3O2S/c17-13-3-1-2-12(8-13)15(20-4-6-22-7-5-20)9-18-16(21)14-10-23-11-19-14/h1-3,8,10-11,15H,4-7,9H2,(H,18,21)/t15-/m0/s1. The van der Waals surface area contributed by atoms with Crippen molar-refractivity contribution in [1.29, 1.82) is 0 Å². The van der Waals surface area contributed by atoms with E-state index in [-0.39, 0.29) is 17.8 Å². The van der Waals surface area contributed by atoms with Crippen LogP contribution in [0, 0.1) is 5.82 Å². The van der Waals surface area contributed by atoms with Gasteiger partial charge in [0.1, 0.15) is 11.5 Å². The molecule has 1 aliphatic rings. The van der Waals surface area contributed by atoms with Gasteiger partial charge in [0, 0.05) is 25.0 Å². The summed E-state index contributed by atoms with van der Waals surface area (Å²) < 4.78 is 19.0. The van der Waals surface area contributed by atoms with Gasteiger partial charge in [0.15, 0.2) is 0 Å². The largest absolute Gasteiger partial charge is 0.379 e. The van der Waals surface area contributed by atoms with E-state index in [4.69, 9.17) is 4.74 Å². The van der Waals surface area contributed by atoms with Crippen LogP contribution >= 0.6 is 11.3 Å². The zero-order valence-electron chi connectivity index (χ0n) is 12.6. The average Bonchev–Trinajstić information content (AvgIpc) is 3.10. The minimum Gasteiger partial charge on any atom is -0.379 e. The molecule has 5 nitrogen and oxygen atoms in total. The number of carbonyl (C=O) groups excluding carboxylic acids is 1. The molecule has 3 rings (SSSR count). The molecule has 1 saturated heterocycles. The number of amides is 1. The first-order valence-corrected chi connectivity index (χ1v) is 8.42. The fraction of sp³-hybridized carbons (Fsp3) is 0.375. The second-order valence-electron chi connectivity index (χ2n) is 5.30. The molecular formula is C16H18FN3O2S. The Morgan fingerprint density at radius 1 is 1.43 bits per heavy atom. The zero-order valence-corrected chi connectivity index (χ0v) is 13.4. The summed E-state index contributed by atoms with van der Waals surface area (Å²) in [5.74, 6) is -0.479. The maximum Gasteiger partial charge on any atom is 0.270 e. The molecule has 1 aliphatic heterocycles. The first-order valence-electron chi connectivity index (χ1n) is 7.47. The second kappa shape index (κ2) is 7.63. The van der Waals surface area contributed by atoms with Crippen LogP contribution in [0.25, 0.3) is 0 Å². The summed E-state index contributed by atoms with van der Waals surface area (Å²) in [5, 5.41) is 4.61. The minimum atomic E-state index is -0.272. The number of nitrogens with one attached hydrogen (secondary N) is 1. The molecule has 0 saturated carbocycles. The molecule has 7 heteroatoms. The van der Waals surface area contributed by atoms with Crippen LogP contribution in [-0.2, 0) is 4.74 Å². The lowest BCUT2D eigenvalue weighted by atomic mass is 10.0. The van der Waals surface area contributed by atoms with Crippen LogP contribution in [0.1, 0.15) is 22.1 Å². The lowest BCUT2D eigenvalue weighted by Gasteiger charge is -2.34. The molecule has 23 heavy (non-hydrogen) atoms. The number of nitrogens with zero attached hydrogens (tertiary/aromatic N) is 2.